The zero-order chi connectivity index (χ0) is 22.2. The van der Waals surface area contributed by atoms with Gasteiger partial charge in [-0.15, -0.1) is 0 Å². The number of non-ortho nitro benzene ring substituents is 1. The van der Waals surface area contributed by atoms with Crippen molar-refractivity contribution in [1.82, 2.24) is 9.55 Å². The van der Waals surface area contributed by atoms with Crippen molar-refractivity contribution in [3.05, 3.63) is 61.3 Å². The highest BCUT2D eigenvalue weighted by Gasteiger charge is 2.27. The van der Waals surface area contributed by atoms with E-state index in [9.17, 15) is 24.5 Å². The van der Waals surface area contributed by atoms with Gasteiger partial charge in [0.15, 0.2) is 6.10 Å². The molecule has 0 aliphatic rings. The van der Waals surface area contributed by atoms with Crippen LogP contribution in [0.4, 0.5) is 11.4 Å². The molecule has 2 aromatic heterocycles. The molecular weight excluding hydrogens is 420 g/mol. The van der Waals surface area contributed by atoms with E-state index in [1.807, 2.05) is 0 Å². The third-order valence-electron chi connectivity index (χ3n) is 4.22. The number of nitro benzene ring substituents is 1. The number of furan rings is 1. The molecule has 0 bridgehead atoms. The van der Waals surface area contributed by atoms with Crippen molar-refractivity contribution in [3.8, 4) is 0 Å². The molecule has 12 heteroatoms. The number of fused-ring (bicyclic) bond motifs is 1. The summed E-state index contributed by atoms with van der Waals surface area (Å²) in [6.45, 7) is 2.76. The molecule has 0 spiro atoms. The Morgan fingerprint density at radius 1 is 1.40 bits per heavy atom. The highest BCUT2D eigenvalue weighted by molar-refractivity contribution is 6.33. The Balaban J connectivity index is 1.82. The SMILES string of the molecule is Cc1oc2ncn(C)c(=O)c2c1C(=O)OC(C)C(=O)Nc1cc([N+](=O)[O-])ccc1Cl. The van der Waals surface area contributed by atoms with Crippen LogP contribution in [-0.4, -0.2) is 32.5 Å². The van der Waals surface area contributed by atoms with Gasteiger partial charge in [-0.2, -0.15) is 0 Å². The Morgan fingerprint density at radius 2 is 2.10 bits per heavy atom. The van der Waals surface area contributed by atoms with E-state index in [0.717, 1.165) is 6.07 Å². The maximum absolute atomic E-state index is 12.6. The van der Waals surface area contributed by atoms with Crippen LogP contribution < -0.4 is 10.9 Å². The van der Waals surface area contributed by atoms with Crippen LogP contribution in [0, 0.1) is 17.0 Å². The first-order valence-electron chi connectivity index (χ1n) is 8.50. The molecule has 1 aromatic carbocycles. The van der Waals surface area contributed by atoms with Crippen LogP contribution in [0.2, 0.25) is 5.02 Å². The Morgan fingerprint density at radius 3 is 2.77 bits per heavy atom. The summed E-state index contributed by atoms with van der Waals surface area (Å²) in [6.07, 6.45) is -0.0561. The zero-order valence-electron chi connectivity index (χ0n) is 16.0. The van der Waals surface area contributed by atoms with E-state index in [1.54, 1.807) is 0 Å². The van der Waals surface area contributed by atoms with Gasteiger partial charge in [0.05, 0.1) is 15.6 Å². The van der Waals surface area contributed by atoms with Crippen LogP contribution in [0.15, 0.2) is 33.7 Å². The van der Waals surface area contributed by atoms with Gasteiger partial charge in [0, 0.05) is 19.2 Å². The van der Waals surface area contributed by atoms with E-state index >= 15 is 0 Å². The number of aryl methyl sites for hydroxylation is 2. The number of carbonyl (C=O) groups is 2. The third kappa shape index (κ3) is 3.87. The number of hydrogen-bond acceptors (Lipinski definition) is 8. The molecule has 0 aliphatic carbocycles. The molecule has 0 saturated carbocycles. The number of aromatic nitrogens is 2. The summed E-state index contributed by atoms with van der Waals surface area (Å²) < 4.78 is 11.7. The minimum absolute atomic E-state index is 0.0122. The average Bonchev–Trinajstić information content (AvgIpc) is 3.03. The van der Waals surface area contributed by atoms with Gasteiger partial charge in [0.2, 0.25) is 5.71 Å². The molecule has 0 fully saturated rings. The summed E-state index contributed by atoms with van der Waals surface area (Å²) in [6, 6.07) is 3.52. The lowest BCUT2D eigenvalue weighted by atomic mass is 10.2. The summed E-state index contributed by atoms with van der Waals surface area (Å²) in [5.41, 5.74) is -0.955. The first-order valence-corrected chi connectivity index (χ1v) is 8.88. The van der Waals surface area contributed by atoms with Gasteiger partial charge in [0.1, 0.15) is 23.0 Å². The fraction of sp³-hybridized carbons (Fsp3) is 0.222. The lowest BCUT2D eigenvalue weighted by Gasteiger charge is -2.14. The molecule has 2 heterocycles. The van der Waals surface area contributed by atoms with Crippen molar-refractivity contribution in [2.45, 2.75) is 20.0 Å². The van der Waals surface area contributed by atoms with Gasteiger partial charge in [-0.25, -0.2) is 9.78 Å². The normalized spacial score (nSPS) is 11.9. The molecule has 3 aromatic rings. The molecule has 0 saturated heterocycles. The van der Waals surface area contributed by atoms with Crippen molar-refractivity contribution in [2.24, 2.45) is 7.05 Å². The Labute approximate surface area is 173 Å². The smallest absolute Gasteiger partial charge is 0.343 e. The molecular formula is C18H15ClN4O7. The molecule has 3 rings (SSSR count). The predicted octanol–water partition coefficient (Wildman–Crippen LogP) is 2.58. The number of halogens is 1. The number of nitrogens with one attached hydrogen (secondary N) is 1. The first-order chi connectivity index (χ1) is 14.1. The van der Waals surface area contributed by atoms with Gasteiger partial charge in [-0.3, -0.25) is 19.7 Å². The van der Waals surface area contributed by atoms with Crippen molar-refractivity contribution in [3.63, 3.8) is 0 Å². The predicted molar refractivity (Wildman–Crippen MR) is 106 cm³/mol. The van der Waals surface area contributed by atoms with E-state index in [0.29, 0.717) is 0 Å². The quantitative estimate of drug-likeness (QED) is 0.366. The molecule has 30 heavy (non-hydrogen) atoms. The summed E-state index contributed by atoms with van der Waals surface area (Å²) in [5.74, 6) is -1.62. The lowest BCUT2D eigenvalue weighted by molar-refractivity contribution is -0.384. The van der Waals surface area contributed by atoms with Crippen molar-refractivity contribution >= 4 is 46.0 Å². The molecule has 11 nitrogen and oxygen atoms in total. The molecule has 0 radical (unpaired) electrons. The number of anilines is 1. The third-order valence-corrected chi connectivity index (χ3v) is 4.55. The Kier molecular flexibility index (Phi) is 5.56. The number of ether oxygens (including phenoxy) is 1. The van der Waals surface area contributed by atoms with Gasteiger partial charge in [0.25, 0.3) is 17.2 Å². The van der Waals surface area contributed by atoms with E-state index < -0.39 is 28.5 Å². The maximum atomic E-state index is 12.6. The van der Waals surface area contributed by atoms with Crippen molar-refractivity contribution < 1.29 is 23.7 Å². The second kappa shape index (κ2) is 7.95. The topological polar surface area (TPSA) is 147 Å². The lowest BCUT2D eigenvalue weighted by Crippen LogP contribution is -2.30. The number of esters is 1. The van der Waals surface area contributed by atoms with Crippen LogP contribution in [0.25, 0.3) is 11.1 Å². The van der Waals surface area contributed by atoms with E-state index in [-0.39, 0.29) is 38.8 Å². The number of nitrogens with zero attached hydrogens (tertiary/aromatic N) is 3. The van der Waals surface area contributed by atoms with Crippen LogP contribution in [0.5, 0.6) is 0 Å². The Hall–Kier alpha value is -3.73. The van der Waals surface area contributed by atoms with Gasteiger partial charge < -0.3 is 19.0 Å². The second-order valence-corrected chi connectivity index (χ2v) is 6.74. The maximum Gasteiger partial charge on any atom is 0.343 e. The molecule has 1 N–H and O–H groups in total. The fourth-order valence-electron chi connectivity index (χ4n) is 2.66. The van der Waals surface area contributed by atoms with E-state index in [2.05, 4.69) is 10.3 Å². The number of carbonyl (C=O) groups excluding carboxylic acids is 2. The zero-order valence-corrected chi connectivity index (χ0v) is 16.7. The van der Waals surface area contributed by atoms with Crippen LogP contribution in [-0.2, 0) is 16.6 Å². The number of amides is 1. The van der Waals surface area contributed by atoms with Crippen molar-refractivity contribution in [1.29, 1.82) is 0 Å². The minimum Gasteiger partial charge on any atom is -0.449 e. The summed E-state index contributed by atoms with van der Waals surface area (Å²) in [7, 11) is 1.46. The first kappa shape index (κ1) is 21.0. The molecule has 156 valence electrons. The largest absolute Gasteiger partial charge is 0.449 e. The van der Waals surface area contributed by atoms with Crippen molar-refractivity contribution in [2.75, 3.05) is 5.32 Å². The van der Waals surface area contributed by atoms with Gasteiger partial charge in [-0.1, -0.05) is 11.6 Å². The Bertz CT molecular complexity index is 1250. The van der Waals surface area contributed by atoms with Crippen LogP contribution in [0.3, 0.4) is 0 Å². The summed E-state index contributed by atoms with van der Waals surface area (Å²) >= 11 is 5.95. The van der Waals surface area contributed by atoms with Gasteiger partial charge in [-0.05, 0) is 19.9 Å². The molecule has 1 unspecified atom stereocenters. The van der Waals surface area contributed by atoms with Gasteiger partial charge >= 0.3 is 5.97 Å². The standard InChI is InChI=1S/C18H15ClN4O7/c1-8-13(14-16(29-8)20-7-22(3)17(14)25)18(26)30-9(2)15(24)21-12-6-10(23(27)28)4-5-11(12)19/h4-7,9H,1-3H3,(H,21,24). The van der Waals surface area contributed by atoms with Crippen LogP contribution in [0.1, 0.15) is 23.0 Å². The van der Waals surface area contributed by atoms with E-state index in [1.165, 1.54) is 43.9 Å². The summed E-state index contributed by atoms with van der Waals surface area (Å²) in [4.78, 5) is 51.6. The van der Waals surface area contributed by atoms with Crippen LogP contribution >= 0.6 is 11.6 Å². The highest BCUT2D eigenvalue weighted by atomic mass is 35.5. The minimum atomic E-state index is -1.31. The average molecular weight is 435 g/mol. The summed E-state index contributed by atoms with van der Waals surface area (Å²) in [5, 5.41) is 13.3. The second-order valence-electron chi connectivity index (χ2n) is 6.33. The number of nitro groups is 1. The fourth-order valence-corrected chi connectivity index (χ4v) is 2.83. The number of rotatable bonds is 5. The number of benzene rings is 1. The monoisotopic (exact) mass is 434 g/mol. The molecule has 1 amide bonds. The highest BCUT2D eigenvalue weighted by Crippen LogP contribution is 2.27. The number of hydrogen-bond donors (Lipinski definition) is 1. The molecule has 0 aliphatic heterocycles. The molecule has 1 atom stereocenters. The van der Waals surface area contributed by atoms with E-state index in [4.69, 9.17) is 20.8 Å².